The number of ketones is 1. The molecule has 194 valence electrons. The van der Waals surface area contributed by atoms with Gasteiger partial charge in [0.25, 0.3) is 0 Å². The van der Waals surface area contributed by atoms with Gasteiger partial charge in [0.05, 0.1) is 29.4 Å². The van der Waals surface area contributed by atoms with Gasteiger partial charge < -0.3 is 10.5 Å². The third-order valence-electron chi connectivity index (χ3n) is 6.04. The Morgan fingerprint density at radius 3 is 2.58 bits per heavy atom. The molecule has 11 heteroatoms. The number of ether oxygens (including phenoxy) is 1. The number of Topliss-reactive ketones (excluding diaryl/α,β-unsaturated/α-hetero) is 1. The number of nitrogens with two attached hydrogens (primary N) is 1. The van der Waals surface area contributed by atoms with Crippen molar-refractivity contribution in [3.63, 3.8) is 0 Å². The van der Waals surface area contributed by atoms with Crippen LogP contribution in [0.15, 0.2) is 66.4 Å². The van der Waals surface area contributed by atoms with Crippen LogP contribution in [-0.2, 0) is 16.4 Å². The van der Waals surface area contributed by atoms with E-state index < -0.39 is 21.7 Å². The van der Waals surface area contributed by atoms with Crippen LogP contribution in [0.1, 0.15) is 27.0 Å². The number of anilines is 2. The van der Waals surface area contributed by atoms with Crippen molar-refractivity contribution in [1.82, 2.24) is 9.78 Å². The lowest BCUT2D eigenvalue weighted by Gasteiger charge is -2.12. The van der Waals surface area contributed by atoms with E-state index in [0.717, 1.165) is 11.8 Å². The number of carbonyl (C=O) groups excluding carboxylic acids is 1. The van der Waals surface area contributed by atoms with Gasteiger partial charge in [-0.3, -0.25) is 9.52 Å². The highest BCUT2D eigenvalue weighted by Gasteiger charge is 2.26. The topological polar surface area (TPSA) is 116 Å². The fourth-order valence-corrected chi connectivity index (χ4v) is 4.82. The van der Waals surface area contributed by atoms with Crippen molar-refractivity contribution in [3.05, 3.63) is 100 Å². The van der Waals surface area contributed by atoms with Gasteiger partial charge in [-0.15, -0.1) is 0 Å². The smallest absolute Gasteiger partial charge is 0.229 e. The van der Waals surface area contributed by atoms with Crippen molar-refractivity contribution in [3.8, 4) is 17.2 Å². The summed E-state index contributed by atoms with van der Waals surface area (Å²) in [7, 11) is -3.67. The highest BCUT2D eigenvalue weighted by molar-refractivity contribution is 7.92. The Morgan fingerprint density at radius 1 is 1.11 bits per heavy atom. The van der Waals surface area contributed by atoms with Crippen molar-refractivity contribution in [2.75, 3.05) is 16.7 Å². The lowest BCUT2D eigenvalue weighted by Crippen LogP contribution is -2.11. The third-order valence-corrected chi connectivity index (χ3v) is 6.63. The molecular weight excluding hydrogens is 514 g/mol. The molecule has 0 radical (unpaired) electrons. The number of nitrogens with zero attached hydrogens (tertiary/aromatic N) is 2. The molecule has 0 spiro atoms. The number of carbonyl (C=O) groups is 1. The first-order valence-corrected chi connectivity index (χ1v) is 13.3. The first-order chi connectivity index (χ1) is 18.0. The number of sulfonamides is 1. The zero-order valence-electron chi connectivity index (χ0n) is 20.3. The summed E-state index contributed by atoms with van der Waals surface area (Å²) in [5.41, 5.74) is 9.07. The van der Waals surface area contributed by atoms with Crippen LogP contribution in [0.25, 0.3) is 11.8 Å². The highest BCUT2D eigenvalue weighted by Crippen LogP contribution is 2.33. The Kier molecular flexibility index (Phi) is 6.23. The van der Waals surface area contributed by atoms with E-state index in [1.807, 2.05) is 0 Å². The third kappa shape index (κ3) is 4.88. The maximum Gasteiger partial charge on any atom is 0.229 e. The van der Waals surface area contributed by atoms with Crippen LogP contribution in [0.4, 0.5) is 20.3 Å². The SMILES string of the molecule is Cc1cc(Oc2ccccc2F)ccc1-n1ncc(C(=O)C2=Cc3cc(NS(C)(=O)=O)c(F)cc3C2)c1N. The number of benzene rings is 3. The summed E-state index contributed by atoms with van der Waals surface area (Å²) < 4.78 is 60.5. The van der Waals surface area contributed by atoms with Crippen molar-refractivity contribution >= 4 is 33.4 Å². The Balaban J connectivity index is 1.39. The summed E-state index contributed by atoms with van der Waals surface area (Å²) in [5.74, 6) is -0.965. The summed E-state index contributed by atoms with van der Waals surface area (Å²) in [6.45, 7) is 1.80. The molecule has 1 aliphatic carbocycles. The molecule has 0 saturated heterocycles. The van der Waals surface area contributed by atoms with Gasteiger partial charge in [0.2, 0.25) is 10.0 Å². The van der Waals surface area contributed by atoms with Crippen molar-refractivity contribution in [1.29, 1.82) is 0 Å². The number of allylic oxidation sites excluding steroid dienone is 1. The molecule has 0 bridgehead atoms. The van der Waals surface area contributed by atoms with E-state index in [-0.39, 0.29) is 35.0 Å². The van der Waals surface area contributed by atoms with Crippen LogP contribution < -0.4 is 15.2 Å². The predicted molar refractivity (Wildman–Crippen MR) is 140 cm³/mol. The monoisotopic (exact) mass is 536 g/mol. The number of hydrogen-bond donors (Lipinski definition) is 2. The molecule has 1 aliphatic rings. The largest absolute Gasteiger partial charge is 0.454 e. The predicted octanol–water partition coefficient (Wildman–Crippen LogP) is 5.03. The summed E-state index contributed by atoms with van der Waals surface area (Å²) in [6.07, 6.45) is 4.04. The number of fused-ring (bicyclic) bond motifs is 1. The molecule has 0 unspecified atom stereocenters. The summed E-state index contributed by atoms with van der Waals surface area (Å²) in [4.78, 5) is 13.3. The van der Waals surface area contributed by atoms with Gasteiger partial charge >= 0.3 is 0 Å². The molecule has 0 saturated carbocycles. The van der Waals surface area contributed by atoms with E-state index in [9.17, 15) is 22.0 Å². The van der Waals surface area contributed by atoms with Crippen molar-refractivity contribution in [2.45, 2.75) is 13.3 Å². The van der Waals surface area contributed by atoms with Gasteiger partial charge in [0.1, 0.15) is 17.4 Å². The second-order valence-corrected chi connectivity index (χ2v) is 10.7. The molecule has 3 aromatic carbocycles. The summed E-state index contributed by atoms with van der Waals surface area (Å²) >= 11 is 0. The van der Waals surface area contributed by atoms with E-state index in [0.29, 0.717) is 28.1 Å². The molecule has 3 N–H and O–H groups in total. The van der Waals surface area contributed by atoms with Crippen LogP contribution >= 0.6 is 0 Å². The van der Waals surface area contributed by atoms with Gasteiger partial charge in [-0.05, 0) is 72.2 Å². The number of nitrogen functional groups attached to an aromatic ring is 1. The highest BCUT2D eigenvalue weighted by atomic mass is 32.2. The standard InChI is InChI=1S/C27H22F2N4O4S/c1-15-9-19(37-25-6-4-3-5-21(25)28)7-8-24(15)33-27(30)20(14-31-33)26(34)18-10-16-12-22(29)23(13-17(16)11-18)32-38(2,35)36/h3-9,11-14,32H,10,30H2,1-2H3. The number of aryl methyl sites for hydroxylation is 1. The van der Waals surface area contributed by atoms with Crippen LogP contribution in [0.5, 0.6) is 11.5 Å². The van der Waals surface area contributed by atoms with Crippen LogP contribution in [0, 0.1) is 18.6 Å². The van der Waals surface area contributed by atoms with Crippen molar-refractivity contribution < 1.29 is 26.7 Å². The molecule has 0 fully saturated rings. The molecule has 4 aromatic rings. The molecule has 38 heavy (non-hydrogen) atoms. The molecule has 1 aromatic heterocycles. The summed E-state index contributed by atoms with van der Waals surface area (Å²) in [6, 6.07) is 13.7. The van der Waals surface area contributed by atoms with E-state index >= 15 is 0 Å². The zero-order valence-corrected chi connectivity index (χ0v) is 21.1. The summed E-state index contributed by atoms with van der Waals surface area (Å²) in [5, 5.41) is 4.29. The fraction of sp³-hybridized carbons (Fsp3) is 0.111. The molecule has 0 aliphatic heterocycles. The fourth-order valence-electron chi connectivity index (χ4n) is 4.27. The average Bonchev–Trinajstić information content (AvgIpc) is 3.43. The first kappa shape index (κ1) is 25.2. The van der Waals surface area contributed by atoms with Gasteiger partial charge in [-0.2, -0.15) is 5.10 Å². The van der Waals surface area contributed by atoms with Gasteiger partial charge in [-0.1, -0.05) is 12.1 Å². The van der Waals surface area contributed by atoms with E-state index in [1.165, 1.54) is 35.1 Å². The van der Waals surface area contributed by atoms with E-state index in [2.05, 4.69) is 9.82 Å². The van der Waals surface area contributed by atoms with Crippen molar-refractivity contribution in [2.24, 2.45) is 0 Å². The Bertz CT molecular complexity index is 1750. The normalized spacial score (nSPS) is 12.7. The van der Waals surface area contributed by atoms with E-state index in [1.54, 1.807) is 43.3 Å². The lowest BCUT2D eigenvalue weighted by molar-refractivity contribution is 0.103. The van der Waals surface area contributed by atoms with Crippen LogP contribution in [0.2, 0.25) is 0 Å². The molecular formula is C27H22F2N4O4S. The minimum Gasteiger partial charge on any atom is -0.454 e. The number of hydrogen-bond acceptors (Lipinski definition) is 6. The second-order valence-electron chi connectivity index (χ2n) is 8.92. The van der Waals surface area contributed by atoms with Crippen LogP contribution in [0.3, 0.4) is 0 Å². The molecule has 1 heterocycles. The maximum absolute atomic E-state index is 14.4. The van der Waals surface area contributed by atoms with Gasteiger partial charge in [-0.25, -0.2) is 21.9 Å². The number of halogens is 2. The molecule has 0 atom stereocenters. The number of para-hydroxylation sites is 1. The molecule has 5 rings (SSSR count). The average molecular weight is 537 g/mol. The van der Waals surface area contributed by atoms with Gasteiger partial charge in [0, 0.05) is 12.0 Å². The second kappa shape index (κ2) is 9.42. The molecule has 0 amide bonds. The number of aromatic nitrogens is 2. The Labute approximate surface area is 217 Å². The zero-order chi connectivity index (χ0) is 27.2. The lowest BCUT2D eigenvalue weighted by atomic mass is 10.0. The van der Waals surface area contributed by atoms with Crippen LogP contribution in [-0.4, -0.2) is 30.2 Å². The Hall–Kier alpha value is -4.51. The first-order valence-electron chi connectivity index (χ1n) is 11.4. The van der Waals surface area contributed by atoms with E-state index in [4.69, 9.17) is 10.5 Å². The quantitative estimate of drug-likeness (QED) is 0.320. The number of nitrogens with one attached hydrogen (secondary N) is 1. The van der Waals surface area contributed by atoms with Gasteiger partial charge in [0.15, 0.2) is 17.3 Å². The minimum absolute atomic E-state index is 0.0936. The molecule has 8 nitrogen and oxygen atoms in total. The minimum atomic E-state index is -3.67. The maximum atomic E-state index is 14.4. The number of rotatable bonds is 7. The Morgan fingerprint density at radius 2 is 1.87 bits per heavy atom.